The summed E-state index contributed by atoms with van der Waals surface area (Å²) < 4.78 is 0. The van der Waals surface area contributed by atoms with Crippen LogP contribution in [0.5, 0.6) is 0 Å². The second-order valence-electron chi connectivity index (χ2n) is 3.71. The van der Waals surface area contributed by atoms with Crippen molar-refractivity contribution in [3.05, 3.63) is 96.8 Å². The maximum Gasteiger partial charge on any atom is 0.113 e. The third-order valence-corrected chi connectivity index (χ3v) is 2.48. The van der Waals surface area contributed by atoms with E-state index < -0.39 is 0 Å². The SMILES string of the molecule is C=C([CH2+])[C](c1ccccc1)c1ccccc1. The van der Waals surface area contributed by atoms with Gasteiger partial charge in [-0.3, -0.25) is 0 Å². The summed E-state index contributed by atoms with van der Waals surface area (Å²) >= 11 is 0. The number of rotatable bonds is 3. The quantitative estimate of drug-likeness (QED) is 0.665. The van der Waals surface area contributed by atoms with Gasteiger partial charge in [-0.2, -0.15) is 0 Å². The van der Waals surface area contributed by atoms with Crippen LogP contribution in [-0.4, -0.2) is 0 Å². The zero-order valence-electron chi connectivity index (χ0n) is 9.19. The van der Waals surface area contributed by atoms with Gasteiger partial charge in [0.1, 0.15) is 11.5 Å². The highest BCUT2D eigenvalue weighted by Crippen LogP contribution is 2.28. The standard InChI is InChI=1S/C16H14/c1-13(2)16(14-9-5-3-6-10-14)15-11-7-4-8-12-15/h3-12H,1-2H2/q+1. The van der Waals surface area contributed by atoms with Gasteiger partial charge in [-0.1, -0.05) is 60.7 Å². The second kappa shape index (κ2) is 4.71. The van der Waals surface area contributed by atoms with E-state index >= 15 is 0 Å². The molecule has 0 N–H and O–H groups in total. The normalized spacial score (nSPS) is 10.3. The Kier molecular flexibility index (Phi) is 3.11. The number of allylic oxidation sites excluding steroid dienone is 1. The number of benzene rings is 2. The van der Waals surface area contributed by atoms with Crippen LogP contribution < -0.4 is 0 Å². The monoisotopic (exact) mass is 206 g/mol. The third kappa shape index (κ3) is 2.17. The maximum atomic E-state index is 3.96. The van der Waals surface area contributed by atoms with Crippen LogP contribution in [0.4, 0.5) is 0 Å². The Hall–Kier alpha value is -1.95. The Balaban J connectivity index is 2.44. The van der Waals surface area contributed by atoms with Crippen LogP contribution in [0.15, 0.2) is 72.8 Å². The topological polar surface area (TPSA) is 0 Å². The van der Waals surface area contributed by atoms with Gasteiger partial charge in [-0.05, 0) is 11.1 Å². The molecular formula is C16H14+. The van der Waals surface area contributed by atoms with E-state index in [0.717, 1.165) is 22.6 Å². The molecule has 2 aromatic rings. The van der Waals surface area contributed by atoms with Gasteiger partial charge < -0.3 is 0 Å². The molecule has 0 spiro atoms. The first-order valence-corrected chi connectivity index (χ1v) is 5.28. The van der Waals surface area contributed by atoms with E-state index in [1.165, 1.54) is 0 Å². The summed E-state index contributed by atoms with van der Waals surface area (Å²) in [5.41, 5.74) is 3.17. The zero-order valence-corrected chi connectivity index (χ0v) is 9.19. The van der Waals surface area contributed by atoms with E-state index in [2.05, 4.69) is 37.8 Å². The second-order valence-corrected chi connectivity index (χ2v) is 3.71. The predicted molar refractivity (Wildman–Crippen MR) is 68.8 cm³/mol. The van der Waals surface area contributed by atoms with Gasteiger partial charge in [0.05, 0.1) is 0 Å². The Bertz CT molecular complexity index is 414. The molecule has 0 atom stereocenters. The minimum absolute atomic E-state index is 0.845. The molecule has 16 heavy (non-hydrogen) atoms. The lowest BCUT2D eigenvalue weighted by Crippen LogP contribution is -2.02. The van der Waals surface area contributed by atoms with Crippen LogP contribution in [0.1, 0.15) is 11.1 Å². The summed E-state index contributed by atoms with van der Waals surface area (Å²) in [5, 5.41) is 0. The highest BCUT2D eigenvalue weighted by molar-refractivity contribution is 5.55. The molecule has 0 amide bonds. The van der Waals surface area contributed by atoms with Crippen LogP contribution in [0, 0.1) is 12.8 Å². The van der Waals surface area contributed by atoms with Gasteiger partial charge in [0.15, 0.2) is 0 Å². The predicted octanol–water partition coefficient (Wildman–Crippen LogP) is 4.05. The molecule has 0 saturated carbocycles. The van der Waals surface area contributed by atoms with Crippen molar-refractivity contribution in [2.45, 2.75) is 0 Å². The van der Waals surface area contributed by atoms with Crippen molar-refractivity contribution in [1.29, 1.82) is 0 Å². The van der Waals surface area contributed by atoms with Crippen LogP contribution >= 0.6 is 0 Å². The van der Waals surface area contributed by atoms with Gasteiger partial charge in [-0.25, -0.2) is 0 Å². The first kappa shape index (κ1) is 10.6. The van der Waals surface area contributed by atoms with Crippen LogP contribution in [0.25, 0.3) is 0 Å². The lowest BCUT2D eigenvalue weighted by molar-refractivity contribution is 1.24. The molecule has 0 unspecified atom stereocenters. The van der Waals surface area contributed by atoms with Crippen molar-refractivity contribution in [3.8, 4) is 0 Å². The van der Waals surface area contributed by atoms with Crippen LogP contribution in [0.2, 0.25) is 0 Å². The highest BCUT2D eigenvalue weighted by atomic mass is 14.2. The maximum absolute atomic E-state index is 3.96. The van der Waals surface area contributed by atoms with Crippen molar-refractivity contribution in [2.24, 2.45) is 0 Å². The van der Waals surface area contributed by atoms with Gasteiger partial charge in [0, 0.05) is 13.5 Å². The molecule has 0 aliphatic rings. The molecule has 0 heterocycles. The molecule has 2 rings (SSSR count). The van der Waals surface area contributed by atoms with E-state index in [1.807, 2.05) is 36.4 Å². The zero-order chi connectivity index (χ0) is 11.4. The first-order valence-electron chi connectivity index (χ1n) is 5.28. The average molecular weight is 206 g/mol. The Morgan fingerprint density at radius 3 is 1.44 bits per heavy atom. The minimum atomic E-state index is 0.845. The Labute approximate surface area is 97.3 Å². The molecule has 0 aliphatic carbocycles. The Morgan fingerprint density at radius 2 is 1.12 bits per heavy atom. The molecule has 0 bridgehead atoms. The Morgan fingerprint density at radius 1 is 0.750 bits per heavy atom. The highest BCUT2D eigenvalue weighted by Gasteiger charge is 2.19. The molecular weight excluding hydrogens is 192 g/mol. The van der Waals surface area contributed by atoms with Gasteiger partial charge in [0.2, 0.25) is 0 Å². The molecule has 0 aromatic heterocycles. The summed E-state index contributed by atoms with van der Waals surface area (Å²) in [5.74, 6) is 1.11. The molecule has 0 saturated heterocycles. The van der Waals surface area contributed by atoms with Crippen molar-refractivity contribution >= 4 is 0 Å². The minimum Gasteiger partial charge on any atom is -0.0622 e. The average Bonchev–Trinajstić information content (AvgIpc) is 2.31. The fourth-order valence-electron chi connectivity index (χ4n) is 1.78. The largest absolute Gasteiger partial charge is 0.113 e. The lowest BCUT2D eigenvalue weighted by Gasteiger charge is -2.12. The fraction of sp³-hybridized carbons (Fsp3) is 0. The van der Waals surface area contributed by atoms with E-state index in [4.69, 9.17) is 0 Å². The van der Waals surface area contributed by atoms with E-state index in [-0.39, 0.29) is 0 Å². The van der Waals surface area contributed by atoms with Gasteiger partial charge in [0.25, 0.3) is 0 Å². The summed E-state index contributed by atoms with van der Waals surface area (Å²) in [6.45, 7) is 7.92. The molecule has 0 fully saturated rings. The molecule has 0 heteroatoms. The summed E-state index contributed by atoms with van der Waals surface area (Å²) in [6, 6.07) is 20.5. The van der Waals surface area contributed by atoms with Crippen LogP contribution in [0.3, 0.4) is 0 Å². The summed E-state index contributed by atoms with van der Waals surface area (Å²) in [6.07, 6.45) is 0. The van der Waals surface area contributed by atoms with Gasteiger partial charge >= 0.3 is 0 Å². The summed E-state index contributed by atoms with van der Waals surface area (Å²) in [4.78, 5) is 0. The van der Waals surface area contributed by atoms with Crippen molar-refractivity contribution in [3.63, 3.8) is 0 Å². The molecule has 0 nitrogen and oxygen atoms in total. The molecule has 77 valence electrons. The number of hydrogen-bond donors (Lipinski definition) is 0. The molecule has 1 radical (unpaired) electrons. The van der Waals surface area contributed by atoms with E-state index in [9.17, 15) is 0 Å². The van der Waals surface area contributed by atoms with E-state index in [1.54, 1.807) is 0 Å². The lowest BCUT2D eigenvalue weighted by atomic mass is 9.86. The summed E-state index contributed by atoms with van der Waals surface area (Å²) in [7, 11) is 0. The van der Waals surface area contributed by atoms with E-state index in [0.29, 0.717) is 0 Å². The van der Waals surface area contributed by atoms with Crippen molar-refractivity contribution < 1.29 is 0 Å². The molecule has 0 aliphatic heterocycles. The first-order chi connectivity index (χ1) is 7.79. The number of hydrogen-bond acceptors (Lipinski definition) is 0. The smallest absolute Gasteiger partial charge is 0.0622 e. The fourth-order valence-corrected chi connectivity index (χ4v) is 1.78. The molecule has 2 aromatic carbocycles. The van der Waals surface area contributed by atoms with Crippen LogP contribution in [-0.2, 0) is 0 Å². The van der Waals surface area contributed by atoms with Crippen molar-refractivity contribution in [2.75, 3.05) is 0 Å². The third-order valence-electron chi connectivity index (χ3n) is 2.48. The van der Waals surface area contributed by atoms with Crippen molar-refractivity contribution in [1.82, 2.24) is 0 Å². The van der Waals surface area contributed by atoms with Gasteiger partial charge in [-0.15, -0.1) is 0 Å².